The summed E-state index contributed by atoms with van der Waals surface area (Å²) in [6.07, 6.45) is 4.84. The summed E-state index contributed by atoms with van der Waals surface area (Å²) in [4.78, 5) is 2.43. The Balaban J connectivity index is 1.65. The predicted octanol–water partition coefficient (Wildman–Crippen LogP) is 3.37. The maximum atomic E-state index is 13.5. The van der Waals surface area contributed by atoms with Crippen LogP contribution < -0.4 is 9.47 Å². The van der Waals surface area contributed by atoms with Crippen LogP contribution in [0.3, 0.4) is 0 Å². The van der Waals surface area contributed by atoms with E-state index in [-0.39, 0.29) is 4.90 Å². The van der Waals surface area contributed by atoms with E-state index in [0.29, 0.717) is 30.2 Å². The molecule has 0 spiro atoms. The van der Waals surface area contributed by atoms with Gasteiger partial charge in [0.1, 0.15) is 13.2 Å². The standard InChI is InChI=1S/C22H22N2O4S/c1-23-10-8-16(9-11-23)19-15-24(20-5-3-2-4-18(19)20)29(25,26)17-6-7-21-22(14-17)28-13-12-27-21/h2-8,14-15H,9-13H2,1H3. The molecule has 2 aliphatic rings. The van der Waals surface area contributed by atoms with Crippen LogP contribution in [0.15, 0.2) is 59.6 Å². The Morgan fingerprint density at radius 1 is 1.00 bits per heavy atom. The Labute approximate surface area is 170 Å². The molecule has 5 rings (SSSR count). The number of fused-ring (bicyclic) bond motifs is 2. The molecule has 3 heterocycles. The van der Waals surface area contributed by atoms with Gasteiger partial charge in [-0.05, 0) is 37.2 Å². The van der Waals surface area contributed by atoms with E-state index < -0.39 is 10.0 Å². The highest BCUT2D eigenvalue weighted by molar-refractivity contribution is 7.90. The Morgan fingerprint density at radius 3 is 2.59 bits per heavy atom. The normalized spacial score (nSPS) is 17.3. The van der Waals surface area contributed by atoms with E-state index >= 15 is 0 Å². The summed E-state index contributed by atoms with van der Waals surface area (Å²) in [5.41, 5.74) is 2.85. The van der Waals surface area contributed by atoms with Gasteiger partial charge in [-0.1, -0.05) is 24.3 Å². The van der Waals surface area contributed by atoms with Crippen molar-refractivity contribution in [3.8, 4) is 11.5 Å². The fraction of sp³-hybridized carbons (Fsp3) is 0.273. The first-order valence-corrected chi connectivity index (χ1v) is 11.1. The molecule has 0 saturated carbocycles. The number of rotatable bonds is 3. The third kappa shape index (κ3) is 3.10. The highest BCUT2D eigenvalue weighted by Crippen LogP contribution is 2.36. The van der Waals surface area contributed by atoms with Gasteiger partial charge >= 0.3 is 0 Å². The van der Waals surface area contributed by atoms with Crippen molar-refractivity contribution in [2.45, 2.75) is 11.3 Å². The molecule has 0 fully saturated rings. The number of benzene rings is 2. The van der Waals surface area contributed by atoms with Crippen molar-refractivity contribution in [1.29, 1.82) is 0 Å². The quantitative estimate of drug-likeness (QED) is 0.663. The molecular weight excluding hydrogens is 388 g/mol. The van der Waals surface area contributed by atoms with Crippen molar-refractivity contribution in [3.05, 3.63) is 60.3 Å². The SMILES string of the molecule is CN1CC=C(c2cn(S(=O)(=O)c3ccc4c(c3)OCCO4)c3ccccc23)CC1. The van der Waals surface area contributed by atoms with Crippen molar-refractivity contribution in [3.63, 3.8) is 0 Å². The average Bonchev–Trinajstić information content (AvgIpc) is 3.14. The third-order valence-corrected chi connectivity index (χ3v) is 7.18. The summed E-state index contributed by atoms with van der Waals surface area (Å²) in [5.74, 6) is 1.04. The highest BCUT2D eigenvalue weighted by atomic mass is 32.2. The lowest BCUT2D eigenvalue weighted by molar-refractivity contribution is 0.171. The maximum Gasteiger partial charge on any atom is 0.268 e. The second-order valence-corrected chi connectivity index (χ2v) is 9.22. The lowest BCUT2D eigenvalue weighted by atomic mass is 9.99. The summed E-state index contributed by atoms with van der Waals surface area (Å²) in [7, 11) is -1.70. The molecule has 0 N–H and O–H groups in total. The average molecular weight is 410 g/mol. The molecule has 2 aromatic carbocycles. The van der Waals surface area contributed by atoms with E-state index in [9.17, 15) is 8.42 Å². The van der Waals surface area contributed by atoms with E-state index in [2.05, 4.69) is 18.0 Å². The zero-order chi connectivity index (χ0) is 20.0. The number of hydrogen-bond donors (Lipinski definition) is 0. The molecule has 0 aliphatic carbocycles. The Bertz CT molecular complexity index is 1230. The van der Waals surface area contributed by atoms with Crippen molar-refractivity contribution in [2.24, 2.45) is 0 Å². The number of nitrogens with zero attached hydrogens (tertiary/aromatic N) is 2. The van der Waals surface area contributed by atoms with Crippen LogP contribution in [-0.2, 0) is 10.0 Å². The van der Waals surface area contributed by atoms with Gasteiger partial charge in [0.25, 0.3) is 10.0 Å². The molecule has 0 atom stereocenters. The summed E-state index contributed by atoms with van der Waals surface area (Å²) in [5, 5.41) is 0.949. The Hall–Kier alpha value is -2.77. The minimum atomic E-state index is -3.78. The number of hydrogen-bond acceptors (Lipinski definition) is 5. The molecule has 6 nitrogen and oxygen atoms in total. The van der Waals surface area contributed by atoms with Crippen LogP contribution in [0.4, 0.5) is 0 Å². The summed E-state index contributed by atoms with van der Waals surface area (Å²) in [6, 6.07) is 12.4. The summed E-state index contributed by atoms with van der Waals surface area (Å²) < 4.78 is 39.5. The van der Waals surface area contributed by atoms with Crippen LogP contribution in [0, 0.1) is 0 Å². The molecule has 0 radical (unpaired) electrons. The van der Waals surface area contributed by atoms with Gasteiger partial charge in [0.2, 0.25) is 0 Å². The molecular formula is C22H22N2O4S. The van der Waals surface area contributed by atoms with Gasteiger partial charge in [-0.25, -0.2) is 12.4 Å². The molecule has 0 bridgehead atoms. The second-order valence-electron chi connectivity index (χ2n) is 7.41. The first kappa shape index (κ1) is 18.3. The first-order chi connectivity index (χ1) is 14.0. The van der Waals surface area contributed by atoms with Gasteiger partial charge in [0.05, 0.1) is 10.4 Å². The fourth-order valence-electron chi connectivity index (χ4n) is 3.92. The van der Waals surface area contributed by atoms with Gasteiger partial charge in [0, 0.05) is 36.3 Å². The topological polar surface area (TPSA) is 60.8 Å². The molecule has 0 saturated heterocycles. The third-order valence-electron chi connectivity index (χ3n) is 5.51. The second kappa shape index (κ2) is 6.93. The minimum Gasteiger partial charge on any atom is -0.486 e. The molecule has 7 heteroatoms. The number of ether oxygens (including phenoxy) is 2. The van der Waals surface area contributed by atoms with E-state index in [4.69, 9.17) is 9.47 Å². The molecule has 0 amide bonds. The Morgan fingerprint density at radius 2 is 1.79 bits per heavy atom. The van der Waals surface area contributed by atoms with Gasteiger partial charge in [-0.3, -0.25) is 0 Å². The van der Waals surface area contributed by atoms with Crippen LogP contribution in [0.5, 0.6) is 11.5 Å². The lowest BCUT2D eigenvalue weighted by Gasteiger charge is -2.21. The van der Waals surface area contributed by atoms with Gasteiger partial charge in [-0.2, -0.15) is 0 Å². The van der Waals surface area contributed by atoms with E-state index in [1.54, 1.807) is 24.4 Å². The van der Waals surface area contributed by atoms with Gasteiger partial charge in [-0.15, -0.1) is 0 Å². The Kier molecular flexibility index (Phi) is 4.37. The maximum absolute atomic E-state index is 13.5. The minimum absolute atomic E-state index is 0.186. The van der Waals surface area contributed by atoms with Crippen molar-refractivity contribution < 1.29 is 17.9 Å². The van der Waals surface area contributed by atoms with Crippen LogP contribution >= 0.6 is 0 Å². The lowest BCUT2D eigenvalue weighted by Crippen LogP contribution is -2.23. The highest BCUT2D eigenvalue weighted by Gasteiger charge is 2.25. The van der Waals surface area contributed by atoms with Crippen molar-refractivity contribution >= 4 is 26.5 Å². The van der Waals surface area contributed by atoms with E-state index in [1.807, 2.05) is 24.3 Å². The molecule has 2 aliphatic heterocycles. The molecule has 3 aromatic rings. The first-order valence-electron chi connectivity index (χ1n) is 9.67. The smallest absolute Gasteiger partial charge is 0.268 e. The predicted molar refractivity (Wildman–Crippen MR) is 112 cm³/mol. The molecule has 150 valence electrons. The van der Waals surface area contributed by atoms with Gasteiger partial charge in [0.15, 0.2) is 11.5 Å². The van der Waals surface area contributed by atoms with Crippen LogP contribution in [0.25, 0.3) is 16.5 Å². The van der Waals surface area contributed by atoms with Crippen LogP contribution in [0.2, 0.25) is 0 Å². The van der Waals surface area contributed by atoms with Crippen molar-refractivity contribution in [2.75, 3.05) is 33.4 Å². The van der Waals surface area contributed by atoms with Gasteiger partial charge < -0.3 is 14.4 Å². The number of likely N-dealkylation sites (N-methyl/N-ethyl adjacent to an activating group) is 1. The van der Waals surface area contributed by atoms with E-state index in [1.165, 1.54) is 9.55 Å². The zero-order valence-corrected chi connectivity index (χ0v) is 17.0. The molecule has 1 aromatic heterocycles. The largest absolute Gasteiger partial charge is 0.486 e. The number of aromatic nitrogens is 1. The number of para-hydroxylation sites is 1. The van der Waals surface area contributed by atoms with Crippen molar-refractivity contribution in [1.82, 2.24) is 8.87 Å². The zero-order valence-electron chi connectivity index (χ0n) is 16.2. The van der Waals surface area contributed by atoms with Crippen LogP contribution in [-0.4, -0.2) is 50.6 Å². The van der Waals surface area contributed by atoms with Crippen LogP contribution in [0.1, 0.15) is 12.0 Å². The summed E-state index contributed by atoms with van der Waals surface area (Å²) >= 11 is 0. The van der Waals surface area contributed by atoms with E-state index in [0.717, 1.165) is 30.5 Å². The summed E-state index contributed by atoms with van der Waals surface area (Å²) in [6.45, 7) is 2.70. The molecule has 29 heavy (non-hydrogen) atoms. The fourth-order valence-corrected chi connectivity index (χ4v) is 5.30. The monoisotopic (exact) mass is 410 g/mol. The molecule has 0 unspecified atom stereocenters.